The number of imidazole rings is 1. The number of sulfonamides is 1. The van der Waals surface area contributed by atoms with Crippen LogP contribution >= 0.6 is 0 Å². The normalized spacial score (nSPS) is 11.2. The van der Waals surface area contributed by atoms with Crippen LogP contribution in [0.2, 0.25) is 0 Å². The lowest BCUT2D eigenvalue weighted by atomic mass is 10.0. The van der Waals surface area contributed by atoms with E-state index in [-0.39, 0.29) is 17.3 Å². The van der Waals surface area contributed by atoms with Gasteiger partial charge in [0.1, 0.15) is 5.82 Å². The molecule has 0 bridgehead atoms. The van der Waals surface area contributed by atoms with Gasteiger partial charge in [0.2, 0.25) is 0 Å². The molecule has 0 amide bonds. The van der Waals surface area contributed by atoms with Crippen molar-refractivity contribution in [3.05, 3.63) is 114 Å². The van der Waals surface area contributed by atoms with Gasteiger partial charge in [-0.25, -0.2) is 13.4 Å². The average Bonchev–Trinajstić information content (AvgIpc) is 3.18. The van der Waals surface area contributed by atoms with Crippen LogP contribution in [-0.2, 0) is 16.6 Å². The van der Waals surface area contributed by atoms with Crippen LogP contribution < -0.4 is 28.3 Å². The van der Waals surface area contributed by atoms with Crippen molar-refractivity contribution >= 4 is 32.6 Å². The molecule has 0 radical (unpaired) electrons. The lowest BCUT2D eigenvalue weighted by molar-refractivity contribution is -0.114. The van der Waals surface area contributed by atoms with Gasteiger partial charge in [-0.15, -0.1) is 0 Å². The van der Waals surface area contributed by atoms with Gasteiger partial charge < -0.3 is 17.0 Å². The Bertz CT molecular complexity index is 1680. The van der Waals surface area contributed by atoms with Crippen LogP contribution in [0.3, 0.4) is 0 Å². The number of rotatable bonds is 7. The molecule has 0 spiro atoms. The smallest absolute Gasteiger partial charge is 0.270 e. The number of nitrogens with zero attached hydrogens (tertiary/aromatic N) is 2. The van der Waals surface area contributed by atoms with Crippen molar-refractivity contribution in [1.82, 2.24) is 9.55 Å². The zero-order chi connectivity index (χ0) is 25.3. The predicted molar refractivity (Wildman–Crippen MR) is 143 cm³/mol. The highest BCUT2D eigenvalue weighted by molar-refractivity contribution is 7.92. The first-order chi connectivity index (χ1) is 17.3. The average molecular weight is 532 g/mol. The highest BCUT2D eigenvalue weighted by atomic mass is 35.5. The van der Waals surface area contributed by atoms with Gasteiger partial charge in [0, 0.05) is 12.2 Å². The molecule has 0 saturated carbocycles. The Labute approximate surface area is 222 Å². The highest BCUT2D eigenvalue weighted by Crippen LogP contribution is 2.27. The number of nitrogens with one attached hydrogen (secondary N) is 1. The number of hydrogen-bond acceptors (Lipinski definition) is 3. The minimum absolute atomic E-state index is 0. The quantitative estimate of drug-likeness (QED) is 0.207. The van der Waals surface area contributed by atoms with Gasteiger partial charge in [-0.2, -0.15) is 0 Å². The van der Waals surface area contributed by atoms with E-state index in [9.17, 15) is 8.42 Å². The van der Waals surface area contributed by atoms with Gasteiger partial charge >= 0.3 is 0 Å². The maximum atomic E-state index is 12.7. The van der Waals surface area contributed by atoms with Gasteiger partial charge in [0.15, 0.2) is 0 Å². The standard InChI is InChI=1S/C28H25N5O2S.ClH/c1-19-31-26-15-14-23(21-10-12-22(13-11-21)28(29)30)17-27(26)33(19)18-20-6-5-7-24(16-20)32-36(34,35)25-8-3-2-4-9-25;/h2-17,32H,18H2,1H3,(H3,29,30);1H. The molecule has 5 aromatic rings. The molecule has 37 heavy (non-hydrogen) atoms. The Hall–Kier alpha value is -4.14. The maximum Gasteiger partial charge on any atom is 0.270 e. The van der Waals surface area contributed by atoms with E-state index < -0.39 is 10.0 Å². The summed E-state index contributed by atoms with van der Waals surface area (Å²) in [5.41, 5.74) is 11.9. The number of anilines is 1. The molecule has 0 aliphatic heterocycles. The van der Waals surface area contributed by atoms with Gasteiger partial charge in [-0.05, 0) is 72.1 Å². The van der Waals surface area contributed by atoms with Crippen molar-refractivity contribution in [2.45, 2.75) is 18.4 Å². The van der Waals surface area contributed by atoms with E-state index in [0.29, 0.717) is 18.1 Å². The third-order valence-corrected chi connectivity index (χ3v) is 7.46. The van der Waals surface area contributed by atoms with Crippen molar-refractivity contribution in [1.29, 1.82) is 0 Å². The summed E-state index contributed by atoms with van der Waals surface area (Å²) in [6, 6.07) is 29.7. The summed E-state index contributed by atoms with van der Waals surface area (Å²) in [7, 11) is -3.67. The highest BCUT2D eigenvalue weighted by Gasteiger charge is 2.15. The van der Waals surface area contributed by atoms with Crippen molar-refractivity contribution in [3.8, 4) is 11.1 Å². The van der Waals surface area contributed by atoms with E-state index in [1.807, 2.05) is 61.5 Å². The fraction of sp³-hybridized carbons (Fsp3) is 0.0714. The molecule has 5 rings (SSSR count). The minimum atomic E-state index is -3.67. The molecule has 9 heteroatoms. The fourth-order valence-corrected chi connectivity index (χ4v) is 5.28. The monoisotopic (exact) mass is 531 g/mol. The Morgan fingerprint density at radius 2 is 1.62 bits per heavy atom. The van der Waals surface area contributed by atoms with E-state index >= 15 is 0 Å². The molecule has 7 nitrogen and oxygen atoms in total. The second-order valence-corrected chi connectivity index (χ2v) is 10.3. The topological polar surface area (TPSA) is 116 Å². The van der Waals surface area contributed by atoms with E-state index in [4.69, 9.17) is 16.1 Å². The number of halogens is 1. The van der Waals surface area contributed by atoms with Gasteiger partial charge in [-0.3, -0.25) is 15.9 Å². The number of amidine groups is 1. The van der Waals surface area contributed by atoms with Crippen molar-refractivity contribution in [3.63, 3.8) is 0 Å². The molecular formula is C28H26ClN5O2S. The predicted octanol–water partition coefficient (Wildman–Crippen LogP) is 0.329. The summed E-state index contributed by atoms with van der Waals surface area (Å²) in [4.78, 5) is 4.94. The van der Waals surface area contributed by atoms with E-state index in [1.165, 1.54) is 0 Å². The van der Waals surface area contributed by atoms with Gasteiger partial charge in [-0.1, -0.05) is 48.5 Å². The summed E-state index contributed by atoms with van der Waals surface area (Å²) < 4.78 is 30.3. The van der Waals surface area contributed by atoms with Crippen molar-refractivity contribution in [2.75, 3.05) is 4.72 Å². The number of nitrogens with two attached hydrogens (primary N) is 2. The molecule has 0 fully saturated rings. The molecule has 5 N–H and O–H groups in total. The van der Waals surface area contributed by atoms with E-state index in [1.54, 1.807) is 36.4 Å². The molecule has 0 saturated heterocycles. The van der Waals surface area contributed by atoms with E-state index in [0.717, 1.165) is 39.1 Å². The van der Waals surface area contributed by atoms with Crippen LogP contribution in [0.15, 0.2) is 102 Å². The summed E-state index contributed by atoms with van der Waals surface area (Å²) in [5, 5.41) is 5.69. The molecule has 1 aromatic heterocycles. The third-order valence-electron chi connectivity index (χ3n) is 6.06. The van der Waals surface area contributed by atoms with Crippen LogP contribution in [0.5, 0.6) is 0 Å². The van der Waals surface area contributed by atoms with Crippen LogP contribution in [0.25, 0.3) is 22.2 Å². The van der Waals surface area contributed by atoms with Crippen LogP contribution in [0.4, 0.5) is 5.69 Å². The largest absolute Gasteiger partial charge is 1.00 e. The lowest BCUT2D eigenvalue weighted by Gasteiger charge is -2.12. The molecule has 1 heterocycles. The molecular weight excluding hydrogens is 506 g/mol. The first kappa shape index (κ1) is 25.9. The molecule has 4 aromatic carbocycles. The minimum Gasteiger partial charge on any atom is -1.00 e. The SMILES string of the molecule is Cc1nc2ccc(-c3ccc(C(N)=[NH2+])cc3)cc2n1Cc1cccc(NS(=O)(=O)c2ccccc2)c1.[Cl-]. The van der Waals surface area contributed by atoms with Gasteiger partial charge in [0.05, 0.1) is 21.5 Å². The van der Waals surface area contributed by atoms with Crippen LogP contribution in [-0.4, -0.2) is 23.8 Å². The number of hydrogen-bond donors (Lipinski definition) is 3. The number of aromatic nitrogens is 2. The first-order valence-electron chi connectivity index (χ1n) is 11.4. The zero-order valence-corrected chi connectivity index (χ0v) is 21.7. The van der Waals surface area contributed by atoms with Crippen molar-refractivity contribution in [2.24, 2.45) is 5.73 Å². The van der Waals surface area contributed by atoms with Crippen molar-refractivity contribution < 1.29 is 26.2 Å². The summed E-state index contributed by atoms with van der Waals surface area (Å²) in [6.45, 7) is 2.51. The molecule has 0 atom stereocenters. The lowest BCUT2D eigenvalue weighted by Crippen LogP contribution is -3.00. The molecule has 0 aliphatic rings. The number of aryl methyl sites for hydroxylation is 1. The molecule has 0 unspecified atom stereocenters. The second-order valence-electron chi connectivity index (χ2n) is 8.60. The Morgan fingerprint density at radius 1 is 0.919 bits per heavy atom. The Morgan fingerprint density at radius 3 is 2.32 bits per heavy atom. The maximum absolute atomic E-state index is 12.7. The Balaban J connectivity index is 0.00000320. The molecule has 188 valence electrons. The Kier molecular flexibility index (Phi) is 7.33. The van der Waals surface area contributed by atoms with Crippen LogP contribution in [0.1, 0.15) is 17.0 Å². The van der Waals surface area contributed by atoms with E-state index in [2.05, 4.69) is 15.4 Å². The summed E-state index contributed by atoms with van der Waals surface area (Å²) in [5.74, 6) is 1.16. The number of fused-ring (bicyclic) bond motifs is 1. The van der Waals surface area contributed by atoms with Crippen LogP contribution in [0, 0.1) is 6.92 Å². The zero-order valence-electron chi connectivity index (χ0n) is 20.1. The summed E-state index contributed by atoms with van der Waals surface area (Å²) in [6.07, 6.45) is 0. The molecule has 0 aliphatic carbocycles. The summed E-state index contributed by atoms with van der Waals surface area (Å²) >= 11 is 0. The number of benzene rings is 4. The van der Waals surface area contributed by atoms with Gasteiger partial charge in [0.25, 0.3) is 15.9 Å². The third kappa shape index (κ3) is 5.50. The second kappa shape index (κ2) is 10.5. The first-order valence-corrected chi connectivity index (χ1v) is 12.9. The fourth-order valence-electron chi connectivity index (χ4n) is 4.21.